The number of anilines is 1. The van der Waals surface area contributed by atoms with Crippen molar-refractivity contribution in [2.75, 3.05) is 12.4 Å². The van der Waals surface area contributed by atoms with Crippen LogP contribution in [0.25, 0.3) is 0 Å². The minimum atomic E-state index is -0.213. The van der Waals surface area contributed by atoms with Crippen LogP contribution in [0, 0.1) is 5.82 Å². The van der Waals surface area contributed by atoms with Gasteiger partial charge >= 0.3 is 0 Å². The smallest absolute Gasteiger partial charge is 0.193 e. The Labute approximate surface area is 135 Å². The van der Waals surface area contributed by atoms with Gasteiger partial charge in [-0.2, -0.15) is 0 Å². The zero-order valence-electron chi connectivity index (χ0n) is 13.1. The van der Waals surface area contributed by atoms with Crippen LogP contribution in [-0.4, -0.2) is 13.1 Å². The molecule has 0 amide bonds. The summed E-state index contributed by atoms with van der Waals surface area (Å²) in [5.74, 6) is 1.35. The number of guanidine groups is 1. The first-order valence-corrected chi connectivity index (χ1v) is 7.65. The average Bonchev–Trinajstić information content (AvgIpc) is 3.39. The van der Waals surface area contributed by atoms with Gasteiger partial charge in [0.1, 0.15) is 11.6 Å². The molecule has 1 aliphatic rings. The SMILES string of the molecule is COc1ccc(NC(N)=NCc2ccc(C3CC3)cc2F)cc1. The van der Waals surface area contributed by atoms with Crippen molar-refractivity contribution in [1.29, 1.82) is 0 Å². The molecule has 3 N–H and O–H groups in total. The van der Waals surface area contributed by atoms with E-state index in [1.54, 1.807) is 19.2 Å². The number of nitrogens with one attached hydrogen (secondary N) is 1. The van der Waals surface area contributed by atoms with Gasteiger partial charge in [-0.25, -0.2) is 9.38 Å². The lowest BCUT2D eigenvalue weighted by Gasteiger charge is -2.07. The van der Waals surface area contributed by atoms with Crippen molar-refractivity contribution >= 4 is 11.6 Å². The molecule has 1 saturated carbocycles. The average molecular weight is 313 g/mol. The maximum atomic E-state index is 14.1. The van der Waals surface area contributed by atoms with Crippen molar-refractivity contribution in [2.45, 2.75) is 25.3 Å². The summed E-state index contributed by atoms with van der Waals surface area (Å²) >= 11 is 0. The summed E-state index contributed by atoms with van der Waals surface area (Å²) in [7, 11) is 1.61. The molecule has 1 aliphatic carbocycles. The van der Waals surface area contributed by atoms with Gasteiger partial charge < -0.3 is 15.8 Å². The first-order valence-electron chi connectivity index (χ1n) is 7.65. The van der Waals surface area contributed by atoms with E-state index in [1.165, 1.54) is 0 Å². The van der Waals surface area contributed by atoms with Gasteiger partial charge in [-0.15, -0.1) is 0 Å². The summed E-state index contributed by atoms with van der Waals surface area (Å²) in [6.07, 6.45) is 2.32. The van der Waals surface area contributed by atoms with Crippen LogP contribution < -0.4 is 15.8 Å². The third kappa shape index (κ3) is 4.00. The van der Waals surface area contributed by atoms with Crippen molar-refractivity contribution in [3.05, 3.63) is 59.4 Å². The number of benzene rings is 2. The van der Waals surface area contributed by atoms with Gasteiger partial charge in [-0.3, -0.25) is 0 Å². The molecule has 1 fully saturated rings. The van der Waals surface area contributed by atoms with E-state index in [1.807, 2.05) is 30.3 Å². The number of nitrogens with two attached hydrogens (primary N) is 1. The molecule has 0 aromatic heterocycles. The van der Waals surface area contributed by atoms with E-state index >= 15 is 0 Å². The van der Waals surface area contributed by atoms with Crippen LogP contribution >= 0.6 is 0 Å². The number of rotatable bonds is 5. The maximum Gasteiger partial charge on any atom is 0.193 e. The van der Waals surface area contributed by atoms with Crippen molar-refractivity contribution in [3.63, 3.8) is 0 Å². The standard InChI is InChI=1S/C18H20FN3O/c1-23-16-8-6-15(7-9-16)22-18(20)21-11-14-5-4-13(10-17(14)19)12-2-3-12/h4-10,12H,2-3,11H2,1H3,(H3,20,21,22). The highest BCUT2D eigenvalue weighted by Gasteiger charge is 2.24. The molecular weight excluding hydrogens is 293 g/mol. The second kappa shape index (κ2) is 6.69. The first-order chi connectivity index (χ1) is 11.2. The number of methoxy groups -OCH3 is 1. The van der Waals surface area contributed by atoms with Gasteiger partial charge in [0.05, 0.1) is 13.7 Å². The molecular formula is C18H20FN3O. The molecule has 0 saturated heterocycles. The molecule has 0 unspecified atom stereocenters. The van der Waals surface area contributed by atoms with Crippen LogP contribution in [0.3, 0.4) is 0 Å². The van der Waals surface area contributed by atoms with Crippen LogP contribution in [0.2, 0.25) is 0 Å². The molecule has 0 spiro atoms. The fourth-order valence-electron chi connectivity index (χ4n) is 2.39. The Hall–Kier alpha value is -2.56. The second-order valence-electron chi connectivity index (χ2n) is 5.68. The molecule has 2 aromatic rings. The fourth-order valence-corrected chi connectivity index (χ4v) is 2.39. The largest absolute Gasteiger partial charge is 0.497 e. The van der Waals surface area contributed by atoms with E-state index in [0.717, 1.165) is 29.8 Å². The highest BCUT2D eigenvalue weighted by Crippen LogP contribution is 2.40. The highest BCUT2D eigenvalue weighted by atomic mass is 19.1. The Morgan fingerprint density at radius 3 is 2.61 bits per heavy atom. The first kappa shape index (κ1) is 15.3. The van der Waals surface area contributed by atoms with Gasteiger partial charge in [0, 0.05) is 11.3 Å². The van der Waals surface area contributed by atoms with E-state index in [4.69, 9.17) is 10.5 Å². The van der Waals surface area contributed by atoms with E-state index in [0.29, 0.717) is 11.5 Å². The van der Waals surface area contributed by atoms with Crippen molar-refractivity contribution in [3.8, 4) is 5.75 Å². The molecule has 0 heterocycles. The molecule has 3 rings (SSSR count). The van der Waals surface area contributed by atoms with Crippen LogP contribution in [0.1, 0.15) is 29.9 Å². The molecule has 0 bridgehead atoms. The zero-order valence-corrected chi connectivity index (χ0v) is 13.1. The number of hydrogen-bond acceptors (Lipinski definition) is 2. The summed E-state index contributed by atoms with van der Waals surface area (Å²) in [6.45, 7) is 0.214. The van der Waals surface area contributed by atoms with Crippen molar-refractivity contribution in [1.82, 2.24) is 0 Å². The third-order valence-corrected chi connectivity index (χ3v) is 3.91. The maximum absolute atomic E-state index is 14.1. The summed E-state index contributed by atoms with van der Waals surface area (Å²) < 4.78 is 19.1. The highest BCUT2D eigenvalue weighted by molar-refractivity contribution is 5.92. The second-order valence-corrected chi connectivity index (χ2v) is 5.68. The summed E-state index contributed by atoms with van der Waals surface area (Å²) in [5, 5.41) is 2.97. The Morgan fingerprint density at radius 2 is 2.00 bits per heavy atom. The monoisotopic (exact) mass is 313 g/mol. The molecule has 23 heavy (non-hydrogen) atoms. The van der Waals surface area contributed by atoms with Gasteiger partial charge in [-0.1, -0.05) is 12.1 Å². The zero-order chi connectivity index (χ0) is 16.2. The lowest BCUT2D eigenvalue weighted by Crippen LogP contribution is -2.22. The molecule has 4 nitrogen and oxygen atoms in total. The summed E-state index contributed by atoms with van der Waals surface area (Å²) in [4.78, 5) is 4.20. The van der Waals surface area contributed by atoms with Gasteiger partial charge in [0.25, 0.3) is 0 Å². The van der Waals surface area contributed by atoms with E-state index in [-0.39, 0.29) is 18.3 Å². The lowest BCUT2D eigenvalue weighted by atomic mass is 10.1. The predicted molar refractivity (Wildman–Crippen MR) is 90.3 cm³/mol. The number of ether oxygens (including phenoxy) is 1. The van der Waals surface area contributed by atoms with E-state index in [2.05, 4.69) is 10.3 Å². The minimum absolute atomic E-state index is 0.213. The number of aliphatic imine (C=N–C) groups is 1. The van der Waals surface area contributed by atoms with E-state index < -0.39 is 0 Å². The number of nitrogens with zero attached hydrogens (tertiary/aromatic N) is 1. The molecule has 0 atom stereocenters. The van der Waals surface area contributed by atoms with Gasteiger partial charge in [-0.05, 0) is 54.7 Å². The van der Waals surface area contributed by atoms with Crippen LogP contribution in [0.4, 0.5) is 10.1 Å². The molecule has 120 valence electrons. The quantitative estimate of drug-likeness (QED) is 0.654. The van der Waals surface area contributed by atoms with E-state index in [9.17, 15) is 4.39 Å². The number of hydrogen-bond donors (Lipinski definition) is 2. The molecule has 5 heteroatoms. The van der Waals surface area contributed by atoms with Gasteiger partial charge in [0.2, 0.25) is 0 Å². The lowest BCUT2D eigenvalue weighted by molar-refractivity contribution is 0.415. The Balaban J connectivity index is 1.61. The van der Waals surface area contributed by atoms with Crippen LogP contribution in [0.5, 0.6) is 5.75 Å². The predicted octanol–water partition coefficient (Wildman–Crippen LogP) is 3.64. The molecule has 2 aromatic carbocycles. The normalized spacial score (nSPS) is 14.6. The number of halogens is 1. The Morgan fingerprint density at radius 1 is 1.26 bits per heavy atom. The summed E-state index contributed by atoms with van der Waals surface area (Å²) in [6, 6.07) is 12.7. The fraction of sp³-hybridized carbons (Fsp3) is 0.278. The van der Waals surface area contributed by atoms with Gasteiger partial charge in [0.15, 0.2) is 5.96 Å². The molecule has 0 radical (unpaired) electrons. The van der Waals surface area contributed by atoms with Crippen LogP contribution in [-0.2, 0) is 6.54 Å². The molecule has 0 aliphatic heterocycles. The van der Waals surface area contributed by atoms with Crippen molar-refractivity contribution < 1.29 is 9.13 Å². The van der Waals surface area contributed by atoms with Crippen molar-refractivity contribution in [2.24, 2.45) is 10.7 Å². The Bertz CT molecular complexity index is 709. The summed E-state index contributed by atoms with van der Waals surface area (Å²) in [5.41, 5.74) is 8.28. The Kier molecular flexibility index (Phi) is 4.46. The minimum Gasteiger partial charge on any atom is -0.497 e. The van der Waals surface area contributed by atoms with Crippen LogP contribution in [0.15, 0.2) is 47.5 Å². The third-order valence-electron chi connectivity index (χ3n) is 3.91. The topological polar surface area (TPSA) is 59.6 Å².